The zero-order chi connectivity index (χ0) is 15.3. The summed E-state index contributed by atoms with van der Waals surface area (Å²) in [5, 5.41) is 8.58. The van der Waals surface area contributed by atoms with Crippen molar-refractivity contribution in [2.24, 2.45) is 5.73 Å². The summed E-state index contributed by atoms with van der Waals surface area (Å²) in [5.41, 5.74) is 6.04. The van der Waals surface area contributed by atoms with Gasteiger partial charge in [-0.05, 0) is 17.7 Å². The summed E-state index contributed by atoms with van der Waals surface area (Å²) >= 11 is 0. The van der Waals surface area contributed by atoms with E-state index in [1.807, 2.05) is 0 Å². The fourth-order valence-corrected chi connectivity index (χ4v) is 1.72. The van der Waals surface area contributed by atoms with Gasteiger partial charge in [0.2, 0.25) is 5.91 Å². The van der Waals surface area contributed by atoms with Gasteiger partial charge in [0.05, 0.1) is 19.6 Å². The molecule has 20 heavy (non-hydrogen) atoms. The van der Waals surface area contributed by atoms with Crippen molar-refractivity contribution in [1.82, 2.24) is 4.90 Å². The molecule has 1 aromatic carbocycles. The van der Waals surface area contributed by atoms with Crippen LogP contribution in [0.25, 0.3) is 0 Å². The molecule has 0 aromatic heterocycles. The first kappa shape index (κ1) is 15.9. The number of carboxylic acid groups (broad SMARTS) is 1. The third kappa shape index (κ3) is 4.20. The minimum Gasteiger partial charge on any atom is -0.494 e. The summed E-state index contributed by atoms with van der Waals surface area (Å²) in [7, 11) is 2.84. The van der Waals surface area contributed by atoms with E-state index in [4.69, 9.17) is 15.6 Å². The van der Waals surface area contributed by atoms with E-state index in [2.05, 4.69) is 0 Å². The van der Waals surface area contributed by atoms with E-state index >= 15 is 0 Å². The highest BCUT2D eigenvalue weighted by Crippen LogP contribution is 2.18. The molecule has 6 nitrogen and oxygen atoms in total. The minimum atomic E-state index is -1.14. The summed E-state index contributed by atoms with van der Waals surface area (Å²) in [6, 6.07) is 3.22. The van der Waals surface area contributed by atoms with Crippen LogP contribution in [0.4, 0.5) is 4.39 Å². The van der Waals surface area contributed by atoms with Crippen molar-refractivity contribution in [3.63, 3.8) is 0 Å². The number of aliphatic carboxylic acids is 1. The Labute approximate surface area is 115 Å². The van der Waals surface area contributed by atoms with Gasteiger partial charge in [0.15, 0.2) is 11.6 Å². The Morgan fingerprint density at radius 3 is 2.65 bits per heavy atom. The van der Waals surface area contributed by atoms with E-state index < -0.39 is 30.2 Å². The molecule has 1 atom stereocenters. The number of carbonyl (C=O) groups excluding carboxylic acids is 1. The van der Waals surface area contributed by atoms with E-state index in [-0.39, 0.29) is 12.3 Å². The molecule has 110 valence electrons. The maximum atomic E-state index is 13.5. The average Bonchev–Trinajstić information content (AvgIpc) is 2.37. The van der Waals surface area contributed by atoms with Crippen LogP contribution in [-0.2, 0) is 16.1 Å². The number of hydrogen-bond donors (Lipinski definition) is 2. The molecule has 0 aliphatic carbocycles. The second-order valence-corrected chi connectivity index (χ2v) is 4.37. The maximum Gasteiger partial charge on any atom is 0.305 e. The van der Waals surface area contributed by atoms with Crippen molar-refractivity contribution in [2.45, 2.75) is 19.0 Å². The molecular weight excluding hydrogens is 267 g/mol. The van der Waals surface area contributed by atoms with Crippen molar-refractivity contribution in [3.8, 4) is 5.75 Å². The lowest BCUT2D eigenvalue weighted by molar-refractivity contribution is -0.141. The van der Waals surface area contributed by atoms with Gasteiger partial charge in [0.25, 0.3) is 0 Å². The van der Waals surface area contributed by atoms with Gasteiger partial charge in [-0.2, -0.15) is 0 Å². The van der Waals surface area contributed by atoms with Gasteiger partial charge in [0.1, 0.15) is 0 Å². The molecule has 0 fully saturated rings. The molecule has 0 radical (unpaired) electrons. The Balaban J connectivity index is 2.70. The number of likely N-dealkylation sites (N-methyl/N-ethyl adjacent to an activating group) is 1. The van der Waals surface area contributed by atoms with Crippen LogP contribution in [0, 0.1) is 5.82 Å². The number of amides is 1. The first-order valence-corrected chi connectivity index (χ1v) is 5.90. The molecule has 0 heterocycles. The van der Waals surface area contributed by atoms with Crippen molar-refractivity contribution >= 4 is 11.9 Å². The highest BCUT2D eigenvalue weighted by molar-refractivity contribution is 5.85. The van der Waals surface area contributed by atoms with Crippen molar-refractivity contribution < 1.29 is 23.8 Å². The van der Waals surface area contributed by atoms with Gasteiger partial charge in [-0.15, -0.1) is 0 Å². The topological polar surface area (TPSA) is 92.9 Å². The van der Waals surface area contributed by atoms with Gasteiger partial charge in [0, 0.05) is 13.6 Å². The largest absolute Gasteiger partial charge is 0.494 e. The first-order chi connectivity index (χ1) is 9.35. The van der Waals surface area contributed by atoms with Crippen LogP contribution in [-0.4, -0.2) is 42.1 Å². The number of halogens is 1. The molecule has 7 heteroatoms. The first-order valence-electron chi connectivity index (χ1n) is 5.90. The lowest BCUT2D eigenvalue weighted by Crippen LogP contribution is -2.42. The number of nitrogens with two attached hydrogens (primary N) is 1. The quantitative estimate of drug-likeness (QED) is 0.797. The Bertz CT molecular complexity index is 507. The van der Waals surface area contributed by atoms with Gasteiger partial charge in [-0.25, -0.2) is 4.39 Å². The van der Waals surface area contributed by atoms with E-state index in [1.165, 1.54) is 31.2 Å². The second-order valence-electron chi connectivity index (χ2n) is 4.37. The van der Waals surface area contributed by atoms with Crippen LogP contribution in [0.5, 0.6) is 5.75 Å². The molecule has 0 aliphatic heterocycles. The number of methoxy groups -OCH3 is 1. The summed E-state index contributed by atoms with van der Waals surface area (Å²) in [5.74, 6) is -2.07. The number of ether oxygens (including phenoxy) is 1. The normalized spacial score (nSPS) is 11.8. The van der Waals surface area contributed by atoms with Crippen LogP contribution >= 0.6 is 0 Å². The summed E-state index contributed by atoms with van der Waals surface area (Å²) in [6.07, 6.45) is -0.444. The highest BCUT2D eigenvalue weighted by atomic mass is 19.1. The Kier molecular flexibility index (Phi) is 5.45. The molecule has 1 unspecified atom stereocenters. The van der Waals surface area contributed by atoms with Crippen molar-refractivity contribution in [2.75, 3.05) is 14.2 Å². The summed E-state index contributed by atoms with van der Waals surface area (Å²) in [6.45, 7) is 0.132. The van der Waals surface area contributed by atoms with Gasteiger partial charge >= 0.3 is 5.97 Å². The number of hydrogen-bond acceptors (Lipinski definition) is 4. The number of rotatable bonds is 6. The summed E-state index contributed by atoms with van der Waals surface area (Å²) < 4.78 is 18.3. The molecule has 0 saturated heterocycles. The third-order valence-electron chi connectivity index (χ3n) is 2.72. The number of benzene rings is 1. The number of nitrogens with zero attached hydrogens (tertiary/aromatic N) is 1. The van der Waals surface area contributed by atoms with E-state index in [9.17, 15) is 14.0 Å². The second kappa shape index (κ2) is 6.85. The number of carbonyl (C=O) groups is 2. The van der Waals surface area contributed by atoms with Crippen LogP contribution in [0.1, 0.15) is 12.0 Å². The average molecular weight is 284 g/mol. The standard InChI is InChI=1S/C13H17FN2O4/c1-16(13(19)10(15)6-12(17)18)7-8-3-4-11(20-2)9(14)5-8/h3-5,10H,6-7,15H2,1-2H3,(H,17,18). The molecule has 0 bridgehead atoms. The van der Waals surface area contributed by atoms with Crippen LogP contribution in [0.2, 0.25) is 0 Å². The predicted octanol–water partition coefficient (Wildman–Crippen LogP) is 0.595. The molecule has 1 aromatic rings. The lowest BCUT2D eigenvalue weighted by Gasteiger charge is -2.20. The smallest absolute Gasteiger partial charge is 0.305 e. The fraction of sp³-hybridized carbons (Fsp3) is 0.385. The fourth-order valence-electron chi connectivity index (χ4n) is 1.72. The third-order valence-corrected chi connectivity index (χ3v) is 2.72. The molecule has 1 amide bonds. The maximum absolute atomic E-state index is 13.5. The molecule has 0 aliphatic rings. The predicted molar refractivity (Wildman–Crippen MR) is 69.7 cm³/mol. The molecule has 0 spiro atoms. The van der Waals surface area contributed by atoms with Crippen LogP contribution in [0.3, 0.4) is 0 Å². The lowest BCUT2D eigenvalue weighted by atomic mass is 10.1. The minimum absolute atomic E-state index is 0.116. The monoisotopic (exact) mass is 284 g/mol. The molecular formula is C13H17FN2O4. The van der Waals surface area contributed by atoms with Gasteiger partial charge < -0.3 is 20.5 Å². The SMILES string of the molecule is COc1ccc(CN(C)C(=O)C(N)CC(=O)O)cc1F. The molecule has 0 saturated carbocycles. The van der Waals surface area contributed by atoms with Crippen molar-refractivity contribution in [1.29, 1.82) is 0 Å². The van der Waals surface area contributed by atoms with Crippen molar-refractivity contribution in [3.05, 3.63) is 29.6 Å². The highest BCUT2D eigenvalue weighted by Gasteiger charge is 2.21. The van der Waals surface area contributed by atoms with Gasteiger partial charge in [-0.3, -0.25) is 9.59 Å². The van der Waals surface area contributed by atoms with Crippen LogP contribution in [0.15, 0.2) is 18.2 Å². The van der Waals surface area contributed by atoms with E-state index in [1.54, 1.807) is 6.07 Å². The zero-order valence-electron chi connectivity index (χ0n) is 11.3. The van der Waals surface area contributed by atoms with E-state index in [0.29, 0.717) is 5.56 Å². The van der Waals surface area contributed by atoms with E-state index in [0.717, 1.165) is 0 Å². The summed E-state index contributed by atoms with van der Waals surface area (Å²) in [4.78, 5) is 23.6. The molecule has 1 rings (SSSR count). The Hall–Kier alpha value is -2.15. The molecule has 3 N–H and O–H groups in total. The Morgan fingerprint density at radius 2 is 2.15 bits per heavy atom. The Morgan fingerprint density at radius 1 is 1.50 bits per heavy atom. The van der Waals surface area contributed by atoms with Crippen LogP contribution < -0.4 is 10.5 Å². The number of carboxylic acids is 1. The van der Waals surface area contributed by atoms with Gasteiger partial charge in [-0.1, -0.05) is 6.07 Å². The zero-order valence-corrected chi connectivity index (χ0v) is 11.3.